The molecule has 37 heteroatoms. The number of rotatable bonds is 19. The fraction of sp³-hybridized carbons (Fsp3) is 1.00. The Labute approximate surface area is 444 Å². The van der Waals surface area contributed by atoms with Crippen LogP contribution in [0.3, 0.4) is 0 Å². The third-order valence-electron chi connectivity index (χ3n) is 14.6. The SMILES string of the molecule is OC[C@H]1O[C@@H](O[C@H]2[C@H](O)[C@H](O)[C@H](O[C@H]3[C@H](O)[C@H](O)[C@H](O[C@H]4[C@H](O)[C@H](O)[C@H](O[C@H]5[C@H](O)[C@H](O)C(O[C@H]6[C@H](O)[C@H](O)[C@H](O)O[C@@H]6CO)(O[C@H]6[C@H](O)[C@H](O)[C@@H](O)O[C@@H]6CO)O[C@@H]5CO)O[C@@H]4CO)O[C@@H]3CO)O[C@@H]2CO)[C@@H](O)[C@@H](O)[C@@H]1O. The van der Waals surface area contributed by atoms with E-state index in [0.29, 0.717) is 0 Å². The van der Waals surface area contributed by atoms with Gasteiger partial charge >= 0.3 is 5.97 Å². The van der Waals surface area contributed by atoms with E-state index in [2.05, 4.69) is 0 Å². The number of ether oxygens (including phenoxy) is 13. The topological polar surface area (TPSA) is 606 Å². The lowest BCUT2D eigenvalue weighted by Gasteiger charge is -2.54. The quantitative estimate of drug-likeness (QED) is 0.0534. The van der Waals surface area contributed by atoms with Crippen molar-refractivity contribution in [1.29, 1.82) is 0 Å². The second kappa shape index (κ2) is 27.3. The third-order valence-corrected chi connectivity index (χ3v) is 14.6. The van der Waals surface area contributed by atoms with Crippen LogP contribution in [-0.4, -0.2) is 383 Å². The summed E-state index contributed by atoms with van der Waals surface area (Å²) in [7, 11) is 0. The van der Waals surface area contributed by atoms with Crippen molar-refractivity contribution >= 4 is 0 Å². The van der Waals surface area contributed by atoms with Crippen LogP contribution in [0.4, 0.5) is 0 Å². The molecule has 7 aliphatic heterocycles. The number of aliphatic hydroxyl groups is 24. The molecule has 0 aromatic rings. The predicted molar refractivity (Wildman–Crippen MR) is 233 cm³/mol. The summed E-state index contributed by atoms with van der Waals surface area (Å²) in [6.45, 7) is -7.58. The standard InChI is InChI=1S/C42H72O37/c43-1-8-15(50)16(51)24(59)38(69-8)73-29-9(2-44)70-39(25(60)19(29)54)74-30-10(3-45)71-40(26(61)20(30)55)75-31-11(4-46)72-41(27(62)21(31)56)76-32-14(7-49)77-42(35(64)28(32)63,78-33-12(5-47)67-36(65)22(57)17(33)52)79-34-13(6-48)68-37(66)23(58)18(34)53/h8-41,43-66H,1-7H2/t8-,9-,10-,11-,12-,13-,14-,15-,16+,17-,18-,19-,20-,21-,22+,23+,24+,25+,26+,27+,28+,29-,30-,31-,32-,33-,34-,35+,36-,37+,38+,39+,40+,41+,42?/m1/s1. The average Bonchev–Trinajstić information content (AvgIpc) is 3.53. The highest BCUT2D eigenvalue weighted by Gasteiger charge is 2.64. The van der Waals surface area contributed by atoms with Crippen LogP contribution < -0.4 is 0 Å². The molecular formula is C42H72O37. The van der Waals surface area contributed by atoms with E-state index in [9.17, 15) is 123 Å². The van der Waals surface area contributed by atoms with Gasteiger partial charge in [0.1, 0.15) is 165 Å². The van der Waals surface area contributed by atoms with Crippen molar-refractivity contribution < 1.29 is 184 Å². The van der Waals surface area contributed by atoms with Crippen molar-refractivity contribution in [3.8, 4) is 0 Å². The average molecular weight is 1170 g/mol. The highest BCUT2D eigenvalue weighted by Crippen LogP contribution is 2.42. The number of hydrogen-bond donors (Lipinski definition) is 24. The summed E-state index contributed by atoms with van der Waals surface area (Å²) in [6.07, 6.45) is -70.4. The molecule has 0 aliphatic carbocycles. The van der Waals surface area contributed by atoms with Crippen molar-refractivity contribution in [1.82, 2.24) is 0 Å². The van der Waals surface area contributed by atoms with E-state index in [-0.39, 0.29) is 0 Å². The fourth-order valence-corrected chi connectivity index (χ4v) is 10.1. The molecule has 1 unspecified atom stereocenters. The second-order valence-electron chi connectivity index (χ2n) is 19.7. The fourth-order valence-electron chi connectivity index (χ4n) is 10.1. The van der Waals surface area contributed by atoms with Gasteiger partial charge in [0.2, 0.25) is 0 Å². The first-order valence-corrected chi connectivity index (χ1v) is 24.8. The minimum Gasteiger partial charge on any atom is -0.394 e. The zero-order valence-electron chi connectivity index (χ0n) is 41.1. The molecule has 35 atom stereocenters. The third kappa shape index (κ3) is 12.9. The van der Waals surface area contributed by atoms with E-state index in [1.54, 1.807) is 0 Å². The molecule has 0 bridgehead atoms. The summed E-state index contributed by atoms with van der Waals surface area (Å²) < 4.78 is 72.2. The molecule has 7 heterocycles. The van der Waals surface area contributed by atoms with Crippen molar-refractivity contribution in [2.75, 3.05) is 46.2 Å². The molecule has 0 amide bonds. The highest BCUT2D eigenvalue weighted by atomic mass is 16.9. The molecule has 0 spiro atoms. The van der Waals surface area contributed by atoms with Gasteiger partial charge in [0, 0.05) is 0 Å². The molecule has 37 nitrogen and oxygen atoms in total. The Balaban J connectivity index is 1.03. The second-order valence-corrected chi connectivity index (χ2v) is 19.7. The van der Waals surface area contributed by atoms with Crippen LogP contribution >= 0.6 is 0 Å². The Morgan fingerprint density at radius 1 is 0.253 bits per heavy atom. The Morgan fingerprint density at radius 2 is 0.519 bits per heavy atom. The molecule has 7 saturated heterocycles. The van der Waals surface area contributed by atoms with Crippen molar-refractivity contribution in [3.63, 3.8) is 0 Å². The molecule has 7 fully saturated rings. The lowest BCUT2D eigenvalue weighted by atomic mass is 9.94. The molecule has 7 rings (SSSR count). The van der Waals surface area contributed by atoms with E-state index in [1.165, 1.54) is 0 Å². The molecule has 0 aromatic carbocycles. The molecule has 79 heavy (non-hydrogen) atoms. The lowest BCUT2D eigenvalue weighted by Crippen LogP contribution is -2.74. The minimum absolute atomic E-state index is 0.856. The van der Waals surface area contributed by atoms with Crippen LogP contribution in [-0.2, 0) is 61.6 Å². The summed E-state index contributed by atoms with van der Waals surface area (Å²) in [5, 5.41) is 256. The Morgan fingerprint density at radius 3 is 0.835 bits per heavy atom. The van der Waals surface area contributed by atoms with Crippen LogP contribution in [0.25, 0.3) is 0 Å². The zero-order valence-corrected chi connectivity index (χ0v) is 41.1. The monoisotopic (exact) mass is 1170 g/mol. The first kappa shape index (κ1) is 65.1. The van der Waals surface area contributed by atoms with Gasteiger partial charge in [-0.2, -0.15) is 0 Å². The van der Waals surface area contributed by atoms with Gasteiger partial charge in [0.15, 0.2) is 43.8 Å². The van der Waals surface area contributed by atoms with Gasteiger partial charge in [0.25, 0.3) is 0 Å². The van der Waals surface area contributed by atoms with Crippen LogP contribution in [0, 0.1) is 0 Å². The highest BCUT2D eigenvalue weighted by molar-refractivity contribution is 5.03. The van der Waals surface area contributed by atoms with Gasteiger partial charge in [-0.1, -0.05) is 0 Å². The Bertz CT molecular complexity index is 1820. The number of aliphatic hydroxyl groups excluding tert-OH is 24. The molecule has 24 N–H and O–H groups in total. The Kier molecular flexibility index (Phi) is 22.5. The van der Waals surface area contributed by atoms with Crippen LogP contribution in [0.1, 0.15) is 0 Å². The summed E-state index contributed by atoms with van der Waals surface area (Å²) in [6, 6.07) is 0. The maximum atomic E-state index is 11.8. The Hall–Kier alpha value is -1.48. The number of hydrogen-bond acceptors (Lipinski definition) is 37. The van der Waals surface area contributed by atoms with Gasteiger partial charge in [-0.05, 0) is 0 Å². The summed E-state index contributed by atoms with van der Waals surface area (Å²) >= 11 is 0. The van der Waals surface area contributed by atoms with Crippen molar-refractivity contribution in [3.05, 3.63) is 0 Å². The van der Waals surface area contributed by atoms with Gasteiger partial charge in [-0.15, -0.1) is 0 Å². The van der Waals surface area contributed by atoms with Gasteiger partial charge in [0.05, 0.1) is 46.2 Å². The molecule has 0 radical (unpaired) electrons. The van der Waals surface area contributed by atoms with E-state index >= 15 is 0 Å². The van der Waals surface area contributed by atoms with Crippen molar-refractivity contribution in [2.24, 2.45) is 0 Å². The first-order valence-electron chi connectivity index (χ1n) is 24.8. The van der Waals surface area contributed by atoms with Crippen LogP contribution in [0.2, 0.25) is 0 Å². The van der Waals surface area contributed by atoms with E-state index < -0.39 is 261 Å². The zero-order chi connectivity index (χ0) is 58.3. The van der Waals surface area contributed by atoms with Gasteiger partial charge < -0.3 is 184 Å². The summed E-state index contributed by atoms with van der Waals surface area (Å²) in [5.74, 6) is -3.41. The molecule has 462 valence electrons. The van der Waals surface area contributed by atoms with E-state index in [4.69, 9.17) is 61.6 Å². The van der Waals surface area contributed by atoms with E-state index in [0.717, 1.165) is 0 Å². The predicted octanol–water partition coefficient (Wildman–Crippen LogP) is -17.0. The smallest absolute Gasteiger partial charge is 0.314 e. The van der Waals surface area contributed by atoms with Crippen LogP contribution in [0.5, 0.6) is 0 Å². The van der Waals surface area contributed by atoms with Crippen molar-refractivity contribution in [2.45, 2.75) is 215 Å². The van der Waals surface area contributed by atoms with E-state index in [1.807, 2.05) is 0 Å². The minimum atomic E-state index is -3.41. The first-order chi connectivity index (χ1) is 37.4. The molecular weight excluding hydrogens is 1100 g/mol. The van der Waals surface area contributed by atoms with Gasteiger partial charge in [-0.3, -0.25) is 0 Å². The van der Waals surface area contributed by atoms with Gasteiger partial charge in [-0.25, -0.2) is 0 Å². The normalized spacial score (nSPS) is 53.9. The molecule has 7 aliphatic rings. The lowest BCUT2D eigenvalue weighted by molar-refractivity contribution is -0.507. The maximum Gasteiger partial charge on any atom is 0.314 e. The molecule has 0 saturated carbocycles. The van der Waals surface area contributed by atoms with Crippen LogP contribution in [0.15, 0.2) is 0 Å². The largest absolute Gasteiger partial charge is 0.394 e. The molecule has 0 aromatic heterocycles. The summed E-state index contributed by atoms with van der Waals surface area (Å²) in [4.78, 5) is 0. The summed E-state index contributed by atoms with van der Waals surface area (Å²) in [5.41, 5.74) is 0. The maximum absolute atomic E-state index is 11.8.